The van der Waals surface area contributed by atoms with Crippen LogP contribution in [0.2, 0.25) is 0 Å². The molecule has 11 heavy (non-hydrogen) atoms. The van der Waals surface area contributed by atoms with Crippen LogP contribution < -0.4 is 34.8 Å². The molecule has 0 bridgehead atoms. The van der Waals surface area contributed by atoms with Gasteiger partial charge in [0.1, 0.15) is 12.0 Å². The average Bonchev–Trinajstić information content (AvgIpc) is 1.98. The SMILES string of the molecule is CCN(C)C#CSOO[O-].[Na+]. The van der Waals surface area contributed by atoms with Crippen molar-refractivity contribution in [1.82, 2.24) is 4.90 Å². The summed E-state index contributed by atoms with van der Waals surface area (Å²) in [5.74, 6) is 0. The summed E-state index contributed by atoms with van der Waals surface area (Å²) in [6.07, 6.45) is 0. The minimum Gasteiger partial charge on any atom is -0.691 e. The summed E-state index contributed by atoms with van der Waals surface area (Å²) in [5.41, 5.74) is 0. The molecule has 0 fully saturated rings. The van der Waals surface area contributed by atoms with E-state index in [1.807, 2.05) is 14.0 Å². The van der Waals surface area contributed by atoms with E-state index < -0.39 is 0 Å². The van der Waals surface area contributed by atoms with E-state index in [2.05, 4.69) is 20.7 Å². The van der Waals surface area contributed by atoms with Gasteiger partial charge in [0.25, 0.3) is 0 Å². The fraction of sp³-hybridized carbons (Fsp3) is 0.600. The molecule has 0 heterocycles. The summed E-state index contributed by atoms with van der Waals surface area (Å²) in [5, 5.41) is 14.8. The summed E-state index contributed by atoms with van der Waals surface area (Å²) < 4.78 is 3.89. The number of nitrogens with zero attached hydrogens (tertiary/aromatic N) is 1. The molecule has 4 nitrogen and oxygen atoms in total. The zero-order valence-corrected chi connectivity index (χ0v) is 9.60. The molecule has 0 unspecified atom stereocenters. The van der Waals surface area contributed by atoms with Crippen LogP contribution in [0.5, 0.6) is 0 Å². The molecule has 0 amide bonds. The van der Waals surface area contributed by atoms with Crippen LogP contribution >= 0.6 is 12.0 Å². The normalized spacial score (nSPS) is 7.55. The Morgan fingerprint density at radius 3 is 2.73 bits per heavy atom. The van der Waals surface area contributed by atoms with E-state index in [9.17, 15) is 5.26 Å². The van der Waals surface area contributed by atoms with Gasteiger partial charge >= 0.3 is 29.6 Å². The molecular weight excluding hydrogens is 177 g/mol. The van der Waals surface area contributed by atoms with Gasteiger partial charge in [0.05, 0.1) is 0 Å². The molecule has 0 atom stereocenters. The fourth-order valence-electron chi connectivity index (χ4n) is 0.207. The Kier molecular flexibility index (Phi) is 13.6. The van der Waals surface area contributed by atoms with Crippen LogP contribution in [0, 0.1) is 11.3 Å². The van der Waals surface area contributed by atoms with Gasteiger partial charge in [0, 0.05) is 24.9 Å². The van der Waals surface area contributed by atoms with Crippen molar-refractivity contribution in [3.63, 3.8) is 0 Å². The maximum atomic E-state index is 9.22. The van der Waals surface area contributed by atoms with Crippen molar-refractivity contribution >= 4 is 12.0 Å². The van der Waals surface area contributed by atoms with Crippen LogP contribution in [0.3, 0.4) is 0 Å². The average molecular weight is 185 g/mol. The van der Waals surface area contributed by atoms with Crippen molar-refractivity contribution in [3.05, 3.63) is 0 Å². The third kappa shape index (κ3) is 10.6. The molecule has 6 heteroatoms. The van der Waals surface area contributed by atoms with Crippen LogP contribution in [0.1, 0.15) is 6.92 Å². The van der Waals surface area contributed by atoms with Crippen molar-refractivity contribution in [3.8, 4) is 11.3 Å². The standard InChI is InChI=1S/C5H9NO3S.Na/c1-3-6(2)4-5-10-9-8-7;/h7H,3H2,1-2H3;/q;+1/p-1. The molecule has 58 valence electrons. The first kappa shape index (κ1) is 14.1. The van der Waals surface area contributed by atoms with Gasteiger partial charge < -0.3 is 10.2 Å². The number of hydrogen-bond acceptors (Lipinski definition) is 5. The van der Waals surface area contributed by atoms with Crippen LogP contribution in [0.4, 0.5) is 0 Å². The molecule has 0 spiro atoms. The summed E-state index contributed by atoms with van der Waals surface area (Å²) >= 11 is 0.659. The summed E-state index contributed by atoms with van der Waals surface area (Å²) in [6, 6.07) is 2.67. The molecule has 0 rings (SSSR count). The van der Waals surface area contributed by atoms with E-state index in [-0.39, 0.29) is 29.6 Å². The van der Waals surface area contributed by atoms with Crippen LogP contribution in [-0.4, -0.2) is 18.5 Å². The monoisotopic (exact) mass is 185 g/mol. The molecule has 0 aromatic carbocycles. The second-order valence-electron chi connectivity index (χ2n) is 1.45. The van der Waals surface area contributed by atoms with Gasteiger partial charge in [-0.1, -0.05) is 0 Å². The largest absolute Gasteiger partial charge is 1.00 e. The van der Waals surface area contributed by atoms with Crippen LogP contribution in [-0.2, 0) is 9.37 Å². The van der Waals surface area contributed by atoms with Crippen molar-refractivity contribution in [2.75, 3.05) is 13.6 Å². The van der Waals surface area contributed by atoms with E-state index in [1.54, 1.807) is 4.90 Å². The molecule has 0 radical (unpaired) electrons. The van der Waals surface area contributed by atoms with Crippen LogP contribution in [0.15, 0.2) is 0 Å². The number of rotatable bonds is 3. The second kappa shape index (κ2) is 10.6. The molecule has 0 aromatic rings. The summed E-state index contributed by atoms with van der Waals surface area (Å²) in [7, 11) is 1.83. The molecule has 0 aliphatic rings. The smallest absolute Gasteiger partial charge is 0.691 e. The quantitative estimate of drug-likeness (QED) is 0.0878. The zero-order chi connectivity index (χ0) is 7.82. The Morgan fingerprint density at radius 2 is 2.27 bits per heavy atom. The molecule has 0 N–H and O–H groups in total. The van der Waals surface area contributed by atoms with E-state index in [0.29, 0.717) is 12.0 Å². The van der Waals surface area contributed by atoms with Gasteiger partial charge in [-0.25, -0.2) is 0 Å². The van der Waals surface area contributed by atoms with Gasteiger partial charge in [0.15, 0.2) is 0 Å². The topological polar surface area (TPSA) is 44.8 Å². The first-order chi connectivity index (χ1) is 4.81. The predicted molar refractivity (Wildman–Crippen MR) is 35.8 cm³/mol. The van der Waals surface area contributed by atoms with Gasteiger partial charge in [0.2, 0.25) is 0 Å². The Morgan fingerprint density at radius 1 is 1.64 bits per heavy atom. The van der Waals surface area contributed by atoms with Crippen molar-refractivity contribution < 1.29 is 44.2 Å². The Labute approximate surface area is 92.6 Å². The van der Waals surface area contributed by atoms with Crippen molar-refractivity contribution in [2.45, 2.75) is 6.92 Å². The Balaban J connectivity index is 0. The fourth-order valence-corrected chi connectivity index (χ4v) is 0.461. The summed E-state index contributed by atoms with van der Waals surface area (Å²) in [6.45, 7) is 2.79. The van der Waals surface area contributed by atoms with Gasteiger partial charge in [-0.05, 0) is 6.92 Å². The maximum absolute atomic E-state index is 9.22. The second-order valence-corrected chi connectivity index (χ2v) is 1.95. The first-order valence-corrected chi connectivity index (χ1v) is 3.39. The number of hydrogen-bond donors (Lipinski definition) is 0. The van der Waals surface area contributed by atoms with Gasteiger partial charge in [-0.3, -0.25) is 5.04 Å². The van der Waals surface area contributed by atoms with Gasteiger partial charge in [-0.2, -0.15) is 4.33 Å². The van der Waals surface area contributed by atoms with Gasteiger partial charge in [-0.15, -0.1) is 0 Å². The first-order valence-electron chi connectivity index (χ1n) is 2.65. The third-order valence-electron chi connectivity index (χ3n) is 0.814. The van der Waals surface area contributed by atoms with E-state index in [4.69, 9.17) is 0 Å². The van der Waals surface area contributed by atoms with E-state index >= 15 is 0 Å². The molecule has 0 saturated heterocycles. The molecule has 0 aromatic heterocycles. The van der Waals surface area contributed by atoms with E-state index in [1.165, 1.54) is 0 Å². The molecule has 0 aliphatic carbocycles. The molecule has 0 aliphatic heterocycles. The van der Waals surface area contributed by atoms with Crippen LogP contribution in [0.25, 0.3) is 0 Å². The Hall–Kier alpha value is 0.590. The van der Waals surface area contributed by atoms with Crippen molar-refractivity contribution in [2.24, 2.45) is 0 Å². The third-order valence-corrected chi connectivity index (χ3v) is 1.11. The minimum absolute atomic E-state index is 0. The van der Waals surface area contributed by atoms with E-state index in [0.717, 1.165) is 6.54 Å². The minimum atomic E-state index is 0. The maximum Gasteiger partial charge on any atom is 1.00 e. The molecule has 0 saturated carbocycles. The van der Waals surface area contributed by atoms with Crippen molar-refractivity contribution in [1.29, 1.82) is 0 Å². The predicted octanol–water partition coefficient (Wildman–Crippen LogP) is -3.27. The Bertz CT molecular complexity index is 135. The summed E-state index contributed by atoms with van der Waals surface area (Å²) in [4.78, 5) is 1.75. The zero-order valence-electron chi connectivity index (χ0n) is 6.79. The molecular formula is C5H8NNaO3S.